The van der Waals surface area contributed by atoms with Crippen LogP contribution < -0.4 is 0 Å². The van der Waals surface area contributed by atoms with Gasteiger partial charge in [0.05, 0.1) is 0 Å². The summed E-state index contributed by atoms with van der Waals surface area (Å²) in [6.45, 7) is 6.01. The Morgan fingerprint density at radius 3 is 2.61 bits per heavy atom. The summed E-state index contributed by atoms with van der Waals surface area (Å²) in [5.41, 5.74) is 0. The van der Waals surface area contributed by atoms with Crippen LogP contribution in [0.2, 0.25) is 0 Å². The Labute approximate surface area is 116 Å². The summed E-state index contributed by atoms with van der Waals surface area (Å²) >= 11 is 1.95. The van der Waals surface area contributed by atoms with Crippen molar-refractivity contribution in [2.75, 3.05) is 0 Å². The van der Waals surface area contributed by atoms with E-state index in [0.717, 1.165) is 0 Å². The Balaban J connectivity index is 2.45. The van der Waals surface area contributed by atoms with E-state index in [0.29, 0.717) is 5.25 Å². The van der Waals surface area contributed by atoms with Crippen LogP contribution in [0.5, 0.6) is 0 Å². The van der Waals surface area contributed by atoms with E-state index in [1.54, 1.807) is 0 Å². The molecule has 0 radical (unpaired) electrons. The van der Waals surface area contributed by atoms with Crippen molar-refractivity contribution in [2.24, 2.45) is 0 Å². The predicted octanol–water partition coefficient (Wildman–Crippen LogP) is 5.86. The highest BCUT2D eigenvalue weighted by atomic mass is 32.2. The lowest BCUT2D eigenvalue weighted by atomic mass is 10.1. The van der Waals surface area contributed by atoms with Gasteiger partial charge < -0.3 is 0 Å². The fourth-order valence-electron chi connectivity index (χ4n) is 1.84. The molecule has 0 aliphatic heterocycles. The first-order valence-electron chi connectivity index (χ1n) is 6.87. The van der Waals surface area contributed by atoms with Gasteiger partial charge in [-0.25, -0.2) is 0 Å². The molecule has 0 aromatic heterocycles. The Morgan fingerprint density at radius 1 is 1.17 bits per heavy atom. The summed E-state index contributed by atoms with van der Waals surface area (Å²) in [7, 11) is 0. The van der Waals surface area contributed by atoms with Crippen molar-refractivity contribution in [1.82, 2.24) is 0 Å². The van der Waals surface area contributed by atoms with Gasteiger partial charge in [-0.15, -0.1) is 11.8 Å². The molecule has 1 atom stereocenters. The topological polar surface area (TPSA) is 0 Å². The molecule has 0 nitrogen and oxygen atoms in total. The van der Waals surface area contributed by atoms with Crippen molar-refractivity contribution in [3.8, 4) is 0 Å². The number of allylic oxidation sites excluding steroid dienone is 2. The van der Waals surface area contributed by atoms with Crippen molar-refractivity contribution in [1.29, 1.82) is 0 Å². The first kappa shape index (κ1) is 15.1. The van der Waals surface area contributed by atoms with Gasteiger partial charge in [0.1, 0.15) is 0 Å². The lowest BCUT2D eigenvalue weighted by molar-refractivity contribution is 0.642. The number of hydrogen-bond acceptors (Lipinski definition) is 1. The normalized spacial score (nSPS) is 12.7. The van der Waals surface area contributed by atoms with Gasteiger partial charge in [-0.2, -0.15) is 0 Å². The second-order valence-corrected chi connectivity index (χ2v) is 5.75. The van der Waals surface area contributed by atoms with Gasteiger partial charge in [0, 0.05) is 10.1 Å². The summed E-state index contributed by atoms with van der Waals surface area (Å²) < 4.78 is 0. The molecular formula is C17H24S. The molecule has 0 bridgehead atoms. The molecule has 0 saturated carbocycles. The molecule has 0 aliphatic rings. The summed E-state index contributed by atoms with van der Waals surface area (Å²) in [4.78, 5) is 1.35. The molecule has 0 aliphatic carbocycles. The first-order chi connectivity index (χ1) is 8.86. The molecule has 0 amide bonds. The van der Waals surface area contributed by atoms with E-state index in [1.807, 2.05) is 17.8 Å². The highest BCUT2D eigenvalue weighted by molar-refractivity contribution is 8.00. The third-order valence-corrected chi connectivity index (χ3v) is 4.07. The van der Waals surface area contributed by atoms with Crippen LogP contribution >= 0.6 is 11.8 Å². The molecule has 0 fully saturated rings. The van der Waals surface area contributed by atoms with Gasteiger partial charge in [-0.05, 0) is 18.6 Å². The van der Waals surface area contributed by atoms with Crippen LogP contribution in [0.15, 0.2) is 60.0 Å². The molecule has 0 saturated heterocycles. The fraction of sp³-hybridized carbons (Fsp3) is 0.412. The average Bonchev–Trinajstić information content (AvgIpc) is 2.41. The maximum Gasteiger partial charge on any atom is 0.0277 e. The first-order valence-corrected chi connectivity index (χ1v) is 7.75. The van der Waals surface area contributed by atoms with E-state index in [1.165, 1.54) is 37.0 Å². The number of thioether (sulfide) groups is 1. The van der Waals surface area contributed by atoms with Crippen LogP contribution in [0, 0.1) is 0 Å². The summed E-state index contributed by atoms with van der Waals surface area (Å²) in [5, 5.41) is 0.572. The summed E-state index contributed by atoms with van der Waals surface area (Å²) in [5.74, 6) is 0. The van der Waals surface area contributed by atoms with Gasteiger partial charge in [0.2, 0.25) is 0 Å². The van der Waals surface area contributed by atoms with Crippen molar-refractivity contribution in [3.05, 3.63) is 55.1 Å². The highest BCUT2D eigenvalue weighted by Gasteiger charge is 2.06. The second kappa shape index (κ2) is 10.0. The minimum absolute atomic E-state index is 0.572. The Morgan fingerprint density at radius 2 is 1.94 bits per heavy atom. The molecule has 0 N–H and O–H groups in total. The number of rotatable bonds is 9. The zero-order valence-corrected chi connectivity index (χ0v) is 12.2. The highest BCUT2D eigenvalue weighted by Crippen LogP contribution is 2.27. The van der Waals surface area contributed by atoms with Crippen LogP contribution in [-0.4, -0.2) is 5.25 Å². The van der Waals surface area contributed by atoms with Gasteiger partial charge >= 0.3 is 0 Å². The molecule has 0 spiro atoms. The van der Waals surface area contributed by atoms with E-state index >= 15 is 0 Å². The predicted molar refractivity (Wildman–Crippen MR) is 84.2 cm³/mol. The number of benzene rings is 1. The molecule has 0 heterocycles. The second-order valence-electron chi connectivity index (χ2n) is 4.44. The van der Waals surface area contributed by atoms with Crippen LogP contribution in [0.3, 0.4) is 0 Å². The molecule has 1 unspecified atom stereocenters. The van der Waals surface area contributed by atoms with Crippen molar-refractivity contribution in [2.45, 2.75) is 49.2 Å². The lowest BCUT2D eigenvalue weighted by Crippen LogP contribution is -1.98. The van der Waals surface area contributed by atoms with Crippen LogP contribution in [0.25, 0.3) is 0 Å². The van der Waals surface area contributed by atoms with Gasteiger partial charge in [-0.3, -0.25) is 0 Å². The lowest BCUT2D eigenvalue weighted by Gasteiger charge is -2.12. The SMILES string of the molecule is C=C/C=C/C(CCCCCC)Sc1ccccc1. The molecular weight excluding hydrogens is 236 g/mol. The third kappa shape index (κ3) is 6.70. The van der Waals surface area contributed by atoms with Crippen molar-refractivity contribution in [3.63, 3.8) is 0 Å². The average molecular weight is 260 g/mol. The molecule has 18 heavy (non-hydrogen) atoms. The van der Waals surface area contributed by atoms with Crippen LogP contribution in [0.4, 0.5) is 0 Å². The minimum Gasteiger partial charge on any atom is -0.119 e. The molecule has 98 valence electrons. The van der Waals surface area contributed by atoms with E-state index in [9.17, 15) is 0 Å². The molecule has 1 rings (SSSR count). The zero-order chi connectivity index (χ0) is 13.1. The number of hydrogen-bond donors (Lipinski definition) is 0. The Bertz CT molecular complexity index is 340. The maximum absolute atomic E-state index is 3.75. The van der Waals surface area contributed by atoms with Gasteiger partial charge in [0.25, 0.3) is 0 Å². The minimum atomic E-state index is 0.572. The van der Waals surface area contributed by atoms with Crippen molar-refractivity contribution >= 4 is 11.8 Å². The molecule has 1 heteroatoms. The number of unbranched alkanes of at least 4 members (excludes halogenated alkanes) is 3. The van der Waals surface area contributed by atoms with E-state index in [-0.39, 0.29) is 0 Å². The molecule has 1 aromatic carbocycles. The van der Waals surface area contributed by atoms with Gasteiger partial charge in [-0.1, -0.05) is 75.6 Å². The standard InChI is InChI=1S/C17H24S/c1-3-5-7-9-13-16(12-6-4-2)18-17-14-10-8-11-15-17/h4,6,8,10-12,14-16H,2-3,5,7,9,13H2,1H3/b12-6+. The molecule has 1 aromatic rings. The maximum atomic E-state index is 3.75. The van der Waals surface area contributed by atoms with Crippen LogP contribution in [0.1, 0.15) is 39.0 Å². The van der Waals surface area contributed by atoms with E-state index in [4.69, 9.17) is 0 Å². The van der Waals surface area contributed by atoms with Crippen molar-refractivity contribution < 1.29 is 0 Å². The summed E-state index contributed by atoms with van der Waals surface area (Å²) in [6, 6.07) is 10.7. The monoisotopic (exact) mass is 260 g/mol. The fourth-order valence-corrected chi connectivity index (χ4v) is 2.96. The van der Waals surface area contributed by atoms with E-state index in [2.05, 4.69) is 56.0 Å². The third-order valence-electron chi connectivity index (χ3n) is 2.83. The van der Waals surface area contributed by atoms with Crippen LogP contribution in [-0.2, 0) is 0 Å². The largest absolute Gasteiger partial charge is 0.119 e. The van der Waals surface area contributed by atoms with Gasteiger partial charge in [0.15, 0.2) is 0 Å². The quantitative estimate of drug-likeness (QED) is 0.304. The Kier molecular flexibility index (Phi) is 8.41. The zero-order valence-electron chi connectivity index (χ0n) is 11.3. The van der Waals surface area contributed by atoms with E-state index < -0.39 is 0 Å². The summed E-state index contributed by atoms with van der Waals surface area (Å²) in [6.07, 6.45) is 12.8. The Hall–Kier alpha value is -0.950. The smallest absolute Gasteiger partial charge is 0.0277 e.